The second-order valence-electron chi connectivity index (χ2n) is 4.81. The number of ether oxygens (including phenoxy) is 1. The highest BCUT2D eigenvalue weighted by molar-refractivity contribution is 7.13. The quantitative estimate of drug-likeness (QED) is 0.849. The molecular weight excluding hydrogens is 292 g/mol. The minimum absolute atomic E-state index is 0.430. The van der Waals surface area contributed by atoms with Crippen LogP contribution in [0.1, 0.15) is 41.5 Å². The van der Waals surface area contributed by atoms with Gasteiger partial charge in [-0.1, -0.05) is 11.3 Å². The van der Waals surface area contributed by atoms with Gasteiger partial charge in [-0.2, -0.15) is 0 Å². The van der Waals surface area contributed by atoms with Crippen molar-refractivity contribution in [2.75, 3.05) is 13.2 Å². The summed E-state index contributed by atoms with van der Waals surface area (Å²) in [6.07, 6.45) is 2.40. The first-order valence-corrected chi connectivity index (χ1v) is 8.57. The van der Waals surface area contributed by atoms with E-state index < -0.39 is 0 Å². The molecule has 0 bridgehead atoms. The maximum absolute atomic E-state index is 5.38. The number of nitrogens with zero attached hydrogens (tertiary/aromatic N) is 4. The molecule has 7 heteroatoms. The number of aromatic nitrogens is 3. The smallest absolute Gasteiger partial charge is 0.294 e. The monoisotopic (exact) mass is 310 g/mol. The van der Waals surface area contributed by atoms with E-state index in [0.29, 0.717) is 17.8 Å². The number of hydrogen-bond acceptors (Lipinski definition) is 7. The number of thiazole rings is 1. The van der Waals surface area contributed by atoms with Gasteiger partial charge in [-0.05, 0) is 33.2 Å². The van der Waals surface area contributed by atoms with E-state index in [1.54, 1.807) is 22.7 Å². The summed E-state index contributed by atoms with van der Waals surface area (Å²) in [5.41, 5.74) is 1.21. The lowest BCUT2D eigenvalue weighted by Gasteiger charge is -2.21. The highest BCUT2D eigenvalue weighted by Gasteiger charge is 2.28. The zero-order valence-corrected chi connectivity index (χ0v) is 13.3. The third kappa shape index (κ3) is 2.99. The van der Waals surface area contributed by atoms with Crippen molar-refractivity contribution in [3.8, 4) is 5.19 Å². The van der Waals surface area contributed by atoms with Gasteiger partial charge in [0.05, 0.1) is 29.9 Å². The molecule has 2 aromatic heterocycles. The number of rotatable bonds is 5. The van der Waals surface area contributed by atoms with Crippen molar-refractivity contribution < 1.29 is 4.74 Å². The molecule has 20 heavy (non-hydrogen) atoms. The van der Waals surface area contributed by atoms with Gasteiger partial charge >= 0.3 is 0 Å². The van der Waals surface area contributed by atoms with Gasteiger partial charge in [0.1, 0.15) is 5.01 Å². The van der Waals surface area contributed by atoms with Gasteiger partial charge in [0.25, 0.3) is 5.19 Å². The Balaban J connectivity index is 1.69. The Hall–Kier alpha value is -1.05. The van der Waals surface area contributed by atoms with Gasteiger partial charge in [0, 0.05) is 5.38 Å². The largest absolute Gasteiger partial charge is 0.469 e. The summed E-state index contributed by atoms with van der Waals surface area (Å²) < 4.78 is 5.38. The third-order valence-electron chi connectivity index (χ3n) is 3.40. The molecule has 0 unspecified atom stereocenters. The fraction of sp³-hybridized carbons (Fsp3) is 0.615. The molecule has 1 saturated heterocycles. The lowest BCUT2D eigenvalue weighted by molar-refractivity contribution is 0.244. The lowest BCUT2D eigenvalue weighted by atomic mass is 10.2. The number of likely N-dealkylation sites (tertiary alicyclic amines) is 1. The van der Waals surface area contributed by atoms with Crippen LogP contribution >= 0.6 is 22.7 Å². The topological polar surface area (TPSA) is 51.1 Å². The average Bonchev–Trinajstić information content (AvgIpc) is 3.12. The van der Waals surface area contributed by atoms with Crippen molar-refractivity contribution >= 4 is 22.7 Å². The second kappa shape index (κ2) is 6.15. The molecule has 3 heterocycles. The van der Waals surface area contributed by atoms with E-state index in [1.807, 2.05) is 6.92 Å². The predicted octanol–water partition coefficient (Wildman–Crippen LogP) is 3.04. The van der Waals surface area contributed by atoms with E-state index in [9.17, 15) is 0 Å². The van der Waals surface area contributed by atoms with Gasteiger partial charge in [-0.25, -0.2) is 4.98 Å². The first-order chi connectivity index (χ1) is 9.76. The van der Waals surface area contributed by atoms with E-state index in [-0.39, 0.29) is 0 Å². The summed E-state index contributed by atoms with van der Waals surface area (Å²) in [6, 6.07) is 0.430. The highest BCUT2D eigenvalue weighted by Crippen LogP contribution is 2.34. The van der Waals surface area contributed by atoms with Crippen LogP contribution < -0.4 is 4.74 Å². The molecule has 1 fully saturated rings. The van der Waals surface area contributed by atoms with Gasteiger partial charge in [-0.15, -0.1) is 21.5 Å². The van der Waals surface area contributed by atoms with Gasteiger partial charge in [0.2, 0.25) is 0 Å². The fourth-order valence-corrected chi connectivity index (χ4v) is 3.97. The van der Waals surface area contributed by atoms with Gasteiger partial charge in [-0.3, -0.25) is 4.90 Å². The van der Waals surface area contributed by atoms with E-state index in [0.717, 1.165) is 23.1 Å². The van der Waals surface area contributed by atoms with Crippen molar-refractivity contribution in [1.29, 1.82) is 0 Å². The minimum atomic E-state index is 0.430. The predicted molar refractivity (Wildman–Crippen MR) is 80.3 cm³/mol. The summed E-state index contributed by atoms with van der Waals surface area (Å²) in [4.78, 5) is 7.09. The summed E-state index contributed by atoms with van der Waals surface area (Å²) in [5, 5.41) is 13.3. The van der Waals surface area contributed by atoms with Crippen molar-refractivity contribution in [1.82, 2.24) is 20.1 Å². The minimum Gasteiger partial charge on any atom is -0.469 e. The van der Waals surface area contributed by atoms with Crippen LogP contribution in [0.15, 0.2) is 5.38 Å². The van der Waals surface area contributed by atoms with E-state index in [4.69, 9.17) is 4.74 Å². The van der Waals surface area contributed by atoms with Crippen molar-refractivity contribution in [2.24, 2.45) is 0 Å². The van der Waals surface area contributed by atoms with Crippen LogP contribution in [0.3, 0.4) is 0 Å². The van der Waals surface area contributed by atoms with Crippen molar-refractivity contribution in [3.63, 3.8) is 0 Å². The molecule has 1 atom stereocenters. The van der Waals surface area contributed by atoms with Crippen LogP contribution in [0.25, 0.3) is 0 Å². The zero-order valence-electron chi connectivity index (χ0n) is 11.7. The number of hydrogen-bond donors (Lipinski definition) is 0. The summed E-state index contributed by atoms with van der Waals surface area (Å²) in [6.45, 7) is 6.60. The molecule has 5 nitrogen and oxygen atoms in total. The van der Waals surface area contributed by atoms with Gasteiger partial charge < -0.3 is 4.74 Å². The molecule has 3 rings (SSSR count). The third-order valence-corrected chi connectivity index (χ3v) is 5.01. The molecule has 0 radical (unpaired) electrons. The second-order valence-corrected chi connectivity index (χ2v) is 6.90. The SMILES string of the molecule is CCOc1nnc(CN2CCC[C@@H]2c2csc(C)n2)s1. The van der Waals surface area contributed by atoms with Crippen LogP contribution in [-0.4, -0.2) is 33.2 Å². The molecule has 0 amide bonds. The van der Waals surface area contributed by atoms with E-state index in [1.165, 1.54) is 18.5 Å². The van der Waals surface area contributed by atoms with Crippen LogP contribution in [0.4, 0.5) is 0 Å². The van der Waals surface area contributed by atoms with E-state index >= 15 is 0 Å². The average molecular weight is 310 g/mol. The molecule has 2 aromatic rings. The van der Waals surface area contributed by atoms with Crippen LogP contribution in [0.2, 0.25) is 0 Å². The normalized spacial score (nSPS) is 19.6. The molecule has 1 aliphatic heterocycles. The number of aryl methyl sites for hydroxylation is 1. The first-order valence-electron chi connectivity index (χ1n) is 6.87. The molecule has 0 saturated carbocycles. The summed E-state index contributed by atoms with van der Waals surface area (Å²) in [5.74, 6) is 0. The zero-order chi connectivity index (χ0) is 13.9. The maximum atomic E-state index is 5.38. The maximum Gasteiger partial charge on any atom is 0.294 e. The Morgan fingerprint density at radius 1 is 1.45 bits per heavy atom. The molecule has 108 valence electrons. The van der Waals surface area contributed by atoms with Crippen LogP contribution in [-0.2, 0) is 6.54 Å². The molecule has 1 aliphatic rings. The molecule has 0 spiro atoms. The van der Waals surface area contributed by atoms with Crippen molar-refractivity contribution in [2.45, 2.75) is 39.3 Å². The van der Waals surface area contributed by atoms with Crippen LogP contribution in [0, 0.1) is 6.92 Å². The Kier molecular flexibility index (Phi) is 4.28. The summed E-state index contributed by atoms with van der Waals surface area (Å²) in [7, 11) is 0. The Morgan fingerprint density at radius 3 is 3.10 bits per heavy atom. The fourth-order valence-electron chi connectivity index (χ4n) is 2.54. The molecule has 0 aliphatic carbocycles. The van der Waals surface area contributed by atoms with E-state index in [2.05, 4.69) is 32.4 Å². The Labute approximate surface area is 126 Å². The van der Waals surface area contributed by atoms with Gasteiger partial charge in [0.15, 0.2) is 0 Å². The lowest BCUT2D eigenvalue weighted by Crippen LogP contribution is -2.22. The Morgan fingerprint density at radius 2 is 2.35 bits per heavy atom. The molecule has 0 N–H and O–H groups in total. The van der Waals surface area contributed by atoms with Crippen molar-refractivity contribution in [3.05, 3.63) is 21.1 Å². The standard InChI is InChI=1S/C13H18N4OS2/c1-3-18-13-16-15-12(20-13)7-17-6-4-5-11(17)10-8-19-9(2)14-10/h8,11H,3-7H2,1-2H3/t11-/m1/s1. The highest BCUT2D eigenvalue weighted by atomic mass is 32.1. The molecule has 0 aromatic carbocycles. The molecular formula is C13H18N4OS2. The van der Waals surface area contributed by atoms with Crippen LogP contribution in [0.5, 0.6) is 5.19 Å². The summed E-state index contributed by atoms with van der Waals surface area (Å²) >= 11 is 3.27. The Bertz CT molecular complexity index is 568. The first kappa shape index (κ1) is 13.9.